The maximum absolute atomic E-state index is 5.09. The summed E-state index contributed by atoms with van der Waals surface area (Å²) >= 11 is 0. The fourth-order valence-corrected chi connectivity index (χ4v) is 1.74. The average molecular weight is 362 g/mol. The quantitative estimate of drug-likeness (QED) is 0.817. The van der Waals surface area contributed by atoms with Gasteiger partial charge in [-0.1, -0.05) is 6.07 Å². The Balaban J connectivity index is 0.00000162. The Labute approximate surface area is 125 Å². The molecule has 0 saturated heterocycles. The van der Waals surface area contributed by atoms with Crippen molar-refractivity contribution in [3.05, 3.63) is 23.9 Å². The zero-order valence-corrected chi connectivity index (χ0v) is 13.0. The molecule has 0 bridgehead atoms. The molecule has 5 nitrogen and oxygen atoms in total. The summed E-state index contributed by atoms with van der Waals surface area (Å²) in [7, 11) is 3.68. The van der Waals surface area contributed by atoms with E-state index in [1.807, 2.05) is 25.2 Å². The largest absolute Gasteiger partial charge is 0.481 e. The smallest absolute Gasteiger partial charge is 0.213 e. The molecular weight excluding hydrogens is 343 g/mol. The number of ether oxygens (including phenoxy) is 1. The SMILES string of the molecule is COc1cccc(CCNC2=NCCN2C)n1.I. The van der Waals surface area contributed by atoms with E-state index in [4.69, 9.17) is 4.74 Å². The molecule has 6 heteroatoms. The molecule has 1 aromatic rings. The van der Waals surface area contributed by atoms with Crippen LogP contribution in [0.5, 0.6) is 5.88 Å². The van der Waals surface area contributed by atoms with Crippen molar-refractivity contribution >= 4 is 29.9 Å². The highest BCUT2D eigenvalue weighted by Gasteiger charge is 2.10. The summed E-state index contributed by atoms with van der Waals surface area (Å²) in [5.41, 5.74) is 1.03. The van der Waals surface area contributed by atoms with Gasteiger partial charge in [0.25, 0.3) is 0 Å². The zero-order chi connectivity index (χ0) is 12.1. The van der Waals surface area contributed by atoms with Gasteiger partial charge < -0.3 is 15.0 Å². The van der Waals surface area contributed by atoms with Gasteiger partial charge in [0.1, 0.15) is 0 Å². The number of hydrogen-bond acceptors (Lipinski definition) is 5. The van der Waals surface area contributed by atoms with E-state index in [-0.39, 0.29) is 24.0 Å². The van der Waals surface area contributed by atoms with E-state index in [2.05, 4.69) is 20.2 Å². The normalized spacial score (nSPS) is 13.9. The van der Waals surface area contributed by atoms with E-state index < -0.39 is 0 Å². The van der Waals surface area contributed by atoms with Gasteiger partial charge in [-0.15, -0.1) is 24.0 Å². The van der Waals surface area contributed by atoms with Crippen molar-refractivity contribution in [2.24, 2.45) is 4.99 Å². The zero-order valence-electron chi connectivity index (χ0n) is 10.7. The molecule has 1 aromatic heterocycles. The highest BCUT2D eigenvalue weighted by atomic mass is 127. The molecule has 0 aliphatic carbocycles. The Morgan fingerprint density at radius 1 is 1.44 bits per heavy atom. The van der Waals surface area contributed by atoms with E-state index in [0.717, 1.165) is 37.7 Å². The van der Waals surface area contributed by atoms with Crippen molar-refractivity contribution in [1.82, 2.24) is 15.2 Å². The number of aliphatic imine (C=N–C) groups is 1. The van der Waals surface area contributed by atoms with Gasteiger partial charge in [0.05, 0.1) is 13.7 Å². The van der Waals surface area contributed by atoms with Crippen molar-refractivity contribution in [2.75, 3.05) is 33.8 Å². The molecule has 0 radical (unpaired) electrons. The van der Waals surface area contributed by atoms with Gasteiger partial charge in [-0.25, -0.2) is 4.98 Å². The first-order valence-electron chi connectivity index (χ1n) is 5.79. The first kappa shape index (κ1) is 15.0. The van der Waals surface area contributed by atoms with Crippen LogP contribution in [0.1, 0.15) is 5.69 Å². The number of nitrogens with one attached hydrogen (secondary N) is 1. The minimum atomic E-state index is 0. The van der Waals surface area contributed by atoms with Gasteiger partial charge >= 0.3 is 0 Å². The third-order valence-corrected chi connectivity index (χ3v) is 2.71. The second-order valence-electron chi connectivity index (χ2n) is 3.97. The van der Waals surface area contributed by atoms with Crippen LogP contribution in [0.4, 0.5) is 0 Å². The lowest BCUT2D eigenvalue weighted by Crippen LogP contribution is -2.36. The molecule has 2 heterocycles. The first-order valence-corrected chi connectivity index (χ1v) is 5.79. The molecule has 1 N–H and O–H groups in total. The van der Waals surface area contributed by atoms with E-state index in [9.17, 15) is 0 Å². The van der Waals surface area contributed by atoms with E-state index >= 15 is 0 Å². The average Bonchev–Trinajstić information content (AvgIpc) is 2.76. The number of pyridine rings is 1. The maximum atomic E-state index is 5.09. The lowest BCUT2D eigenvalue weighted by molar-refractivity contribution is 0.396. The summed E-state index contributed by atoms with van der Waals surface area (Å²) < 4.78 is 5.09. The molecule has 1 aliphatic heterocycles. The third kappa shape index (κ3) is 4.01. The third-order valence-electron chi connectivity index (χ3n) is 2.71. The monoisotopic (exact) mass is 362 g/mol. The highest BCUT2D eigenvalue weighted by molar-refractivity contribution is 14.0. The summed E-state index contributed by atoms with van der Waals surface area (Å²) in [6.07, 6.45) is 0.865. The van der Waals surface area contributed by atoms with Crippen molar-refractivity contribution < 1.29 is 4.74 Å². The van der Waals surface area contributed by atoms with Crippen molar-refractivity contribution in [1.29, 1.82) is 0 Å². The number of likely N-dealkylation sites (N-methyl/N-ethyl adjacent to an activating group) is 1. The molecule has 0 amide bonds. The first-order chi connectivity index (χ1) is 8.29. The molecule has 1 aliphatic rings. The lowest BCUT2D eigenvalue weighted by Gasteiger charge is -2.14. The summed E-state index contributed by atoms with van der Waals surface area (Å²) in [6, 6.07) is 5.82. The summed E-state index contributed by atoms with van der Waals surface area (Å²) in [5, 5.41) is 3.31. The Hall–Kier alpha value is -1.05. The van der Waals surface area contributed by atoms with Crippen molar-refractivity contribution in [3.8, 4) is 5.88 Å². The molecule has 100 valence electrons. The van der Waals surface area contributed by atoms with Crippen LogP contribution in [0, 0.1) is 0 Å². The van der Waals surface area contributed by atoms with Gasteiger partial charge in [0, 0.05) is 38.3 Å². The standard InChI is InChI=1S/C12H18N4O.HI/c1-16-9-8-14-12(16)13-7-6-10-4-3-5-11(15-10)17-2;/h3-5H,6-9H2,1-2H3,(H,13,14);1H. The lowest BCUT2D eigenvalue weighted by atomic mass is 10.3. The van der Waals surface area contributed by atoms with E-state index in [1.165, 1.54) is 0 Å². The van der Waals surface area contributed by atoms with E-state index in [0.29, 0.717) is 5.88 Å². The van der Waals surface area contributed by atoms with Crippen LogP contribution in [0.25, 0.3) is 0 Å². The minimum Gasteiger partial charge on any atom is -0.481 e. The topological polar surface area (TPSA) is 49.8 Å². The molecule has 0 saturated carbocycles. The molecule has 0 fully saturated rings. The Morgan fingerprint density at radius 2 is 2.28 bits per heavy atom. The fourth-order valence-electron chi connectivity index (χ4n) is 1.74. The van der Waals surface area contributed by atoms with Gasteiger partial charge in [-0.2, -0.15) is 0 Å². The number of rotatable bonds is 4. The number of methoxy groups -OCH3 is 1. The van der Waals surface area contributed by atoms with Crippen LogP contribution in [0.2, 0.25) is 0 Å². The van der Waals surface area contributed by atoms with Gasteiger partial charge in [0.2, 0.25) is 5.88 Å². The second kappa shape index (κ2) is 7.40. The summed E-state index contributed by atoms with van der Waals surface area (Å²) in [6.45, 7) is 2.72. The minimum absolute atomic E-state index is 0. The Kier molecular flexibility index (Phi) is 6.17. The van der Waals surface area contributed by atoms with Crippen molar-refractivity contribution in [3.63, 3.8) is 0 Å². The molecule has 0 aromatic carbocycles. The number of halogens is 1. The van der Waals surface area contributed by atoms with Gasteiger partial charge in [-0.05, 0) is 6.07 Å². The van der Waals surface area contributed by atoms with Crippen LogP contribution in [-0.4, -0.2) is 49.6 Å². The van der Waals surface area contributed by atoms with Crippen LogP contribution in [0.15, 0.2) is 23.2 Å². The Morgan fingerprint density at radius 3 is 2.94 bits per heavy atom. The van der Waals surface area contributed by atoms with Crippen LogP contribution in [-0.2, 0) is 6.42 Å². The summed E-state index contributed by atoms with van der Waals surface area (Å²) in [4.78, 5) is 10.9. The maximum Gasteiger partial charge on any atom is 0.213 e. The predicted molar refractivity (Wildman–Crippen MR) is 82.8 cm³/mol. The number of nitrogens with zero attached hydrogens (tertiary/aromatic N) is 3. The summed E-state index contributed by atoms with van der Waals surface area (Å²) in [5.74, 6) is 1.64. The molecular formula is C12H19IN4O. The van der Waals surface area contributed by atoms with Crippen LogP contribution in [0.3, 0.4) is 0 Å². The second-order valence-corrected chi connectivity index (χ2v) is 3.97. The number of aromatic nitrogens is 1. The molecule has 2 rings (SSSR count). The van der Waals surface area contributed by atoms with Crippen LogP contribution >= 0.6 is 24.0 Å². The molecule has 0 atom stereocenters. The van der Waals surface area contributed by atoms with Crippen molar-refractivity contribution in [2.45, 2.75) is 6.42 Å². The van der Waals surface area contributed by atoms with Gasteiger partial charge in [-0.3, -0.25) is 4.99 Å². The van der Waals surface area contributed by atoms with E-state index in [1.54, 1.807) is 7.11 Å². The molecule has 0 unspecified atom stereocenters. The number of guanidine groups is 1. The number of hydrogen-bond donors (Lipinski definition) is 1. The van der Waals surface area contributed by atoms with Crippen LogP contribution < -0.4 is 10.1 Å². The fraction of sp³-hybridized carbons (Fsp3) is 0.500. The predicted octanol–water partition coefficient (Wildman–Crippen LogP) is 1.14. The molecule has 18 heavy (non-hydrogen) atoms. The van der Waals surface area contributed by atoms with Gasteiger partial charge in [0.15, 0.2) is 5.96 Å². The highest BCUT2D eigenvalue weighted by Crippen LogP contribution is 2.06. The molecule has 0 spiro atoms. The Bertz CT molecular complexity index is 411.